The second kappa shape index (κ2) is 5.83. The Bertz CT molecular complexity index is 263. The molecule has 1 saturated carbocycles. The molecule has 0 N–H and O–H groups in total. The van der Waals surface area contributed by atoms with E-state index in [0.717, 1.165) is 5.92 Å². The van der Waals surface area contributed by atoms with Gasteiger partial charge in [-0.15, -0.1) is 0 Å². The monoisotopic (exact) mass is 315 g/mol. The molecule has 106 valence electrons. The van der Waals surface area contributed by atoms with Crippen LogP contribution in [0.15, 0.2) is 0 Å². The summed E-state index contributed by atoms with van der Waals surface area (Å²) in [5.74, 6) is 0.897. The van der Waals surface area contributed by atoms with Crippen LogP contribution < -0.4 is 0 Å². The van der Waals surface area contributed by atoms with Crippen molar-refractivity contribution < 1.29 is 0 Å². The Morgan fingerprint density at radius 3 is 2.33 bits per heavy atom. The third-order valence-electron chi connectivity index (χ3n) is 5.25. The fourth-order valence-corrected chi connectivity index (χ4v) is 4.53. The maximum Gasteiger partial charge on any atom is 0.0100 e. The zero-order valence-electron chi connectivity index (χ0n) is 12.5. The van der Waals surface area contributed by atoms with Crippen molar-refractivity contribution in [3.63, 3.8) is 0 Å². The van der Waals surface area contributed by atoms with Gasteiger partial charge in [0.2, 0.25) is 0 Å². The highest BCUT2D eigenvalue weighted by Gasteiger charge is 2.37. The van der Waals surface area contributed by atoms with Crippen LogP contribution in [0.25, 0.3) is 0 Å². The molecule has 0 radical (unpaired) electrons. The molecule has 0 bridgehead atoms. The molecule has 1 atom stereocenters. The molecule has 1 heterocycles. The molecular formula is C16H30BrN. The topological polar surface area (TPSA) is 3.24 Å². The molecule has 18 heavy (non-hydrogen) atoms. The molecule has 2 heteroatoms. The number of nitrogens with zero attached hydrogens (tertiary/aromatic N) is 1. The first kappa shape index (κ1) is 14.8. The summed E-state index contributed by atoms with van der Waals surface area (Å²) in [7, 11) is 0. The Kier molecular flexibility index (Phi) is 4.80. The molecule has 1 unspecified atom stereocenters. The Hall–Kier alpha value is 0.440. The molecule has 2 fully saturated rings. The van der Waals surface area contributed by atoms with E-state index in [4.69, 9.17) is 0 Å². The van der Waals surface area contributed by atoms with E-state index in [1.807, 2.05) is 0 Å². The third-order valence-corrected chi connectivity index (χ3v) is 6.44. The van der Waals surface area contributed by atoms with Crippen LogP contribution in [0.3, 0.4) is 0 Å². The first-order valence-electron chi connectivity index (χ1n) is 7.74. The lowest BCUT2D eigenvalue weighted by molar-refractivity contribution is 0.133. The number of likely N-dealkylation sites (tertiary alicyclic amines) is 1. The van der Waals surface area contributed by atoms with Crippen LogP contribution in [0, 0.1) is 16.7 Å². The maximum absolute atomic E-state index is 3.80. The number of hydrogen-bond donors (Lipinski definition) is 0. The first-order chi connectivity index (χ1) is 8.45. The van der Waals surface area contributed by atoms with E-state index in [1.54, 1.807) is 0 Å². The van der Waals surface area contributed by atoms with Crippen molar-refractivity contribution in [2.75, 3.05) is 25.0 Å². The summed E-state index contributed by atoms with van der Waals surface area (Å²) >= 11 is 3.80. The van der Waals surface area contributed by atoms with Gasteiger partial charge in [-0.25, -0.2) is 0 Å². The Labute approximate surface area is 122 Å². The normalized spacial score (nSPS) is 29.7. The molecule has 0 amide bonds. The summed E-state index contributed by atoms with van der Waals surface area (Å²) in [6.45, 7) is 11.2. The number of hydrogen-bond acceptors (Lipinski definition) is 1. The molecule has 2 aliphatic rings. The lowest BCUT2D eigenvalue weighted by atomic mass is 9.75. The first-order valence-corrected chi connectivity index (χ1v) is 8.86. The SMILES string of the molecule is CC(C)(C)C1CCN(CC2(CBr)CCCCC2)C1. The second-order valence-electron chi connectivity index (χ2n) is 7.78. The van der Waals surface area contributed by atoms with Crippen LogP contribution >= 0.6 is 15.9 Å². The van der Waals surface area contributed by atoms with Crippen LogP contribution in [-0.2, 0) is 0 Å². The number of rotatable bonds is 3. The summed E-state index contributed by atoms with van der Waals surface area (Å²) in [5, 5.41) is 1.21. The van der Waals surface area contributed by atoms with E-state index in [9.17, 15) is 0 Å². The minimum atomic E-state index is 0.489. The molecular weight excluding hydrogens is 286 g/mol. The van der Waals surface area contributed by atoms with E-state index in [2.05, 4.69) is 41.6 Å². The summed E-state index contributed by atoms with van der Waals surface area (Å²) in [5.41, 5.74) is 1.08. The average Bonchev–Trinajstić information content (AvgIpc) is 2.78. The lowest BCUT2D eigenvalue weighted by Crippen LogP contribution is -2.40. The Morgan fingerprint density at radius 2 is 1.83 bits per heavy atom. The van der Waals surface area contributed by atoms with Crippen molar-refractivity contribution in [2.45, 2.75) is 59.3 Å². The molecule has 2 rings (SSSR count). The van der Waals surface area contributed by atoms with Gasteiger partial charge < -0.3 is 4.90 Å². The number of halogens is 1. The van der Waals surface area contributed by atoms with Crippen molar-refractivity contribution in [3.05, 3.63) is 0 Å². The smallest absolute Gasteiger partial charge is 0.0100 e. The summed E-state index contributed by atoms with van der Waals surface area (Å²) in [4.78, 5) is 2.75. The van der Waals surface area contributed by atoms with Gasteiger partial charge >= 0.3 is 0 Å². The zero-order valence-corrected chi connectivity index (χ0v) is 14.1. The standard InChI is InChI=1S/C16H30BrN/c1-15(2,3)14-7-10-18(11-14)13-16(12-17)8-5-4-6-9-16/h14H,4-13H2,1-3H3. The fraction of sp³-hybridized carbons (Fsp3) is 1.00. The zero-order chi connectivity index (χ0) is 13.2. The molecule has 1 aliphatic carbocycles. The van der Waals surface area contributed by atoms with Crippen LogP contribution in [0.2, 0.25) is 0 Å². The quantitative estimate of drug-likeness (QED) is 0.682. The largest absolute Gasteiger partial charge is 0.302 e. The van der Waals surface area contributed by atoms with Crippen LogP contribution in [0.4, 0.5) is 0 Å². The highest BCUT2D eigenvalue weighted by Crippen LogP contribution is 2.41. The van der Waals surface area contributed by atoms with Gasteiger partial charge in [-0.05, 0) is 42.6 Å². The summed E-state index contributed by atoms with van der Waals surface area (Å²) in [6.07, 6.45) is 8.63. The van der Waals surface area contributed by atoms with Gasteiger partial charge in [0.1, 0.15) is 0 Å². The highest BCUT2D eigenvalue weighted by molar-refractivity contribution is 9.09. The predicted octanol–water partition coefficient (Wildman–Crippen LogP) is 4.70. The minimum Gasteiger partial charge on any atom is -0.302 e. The molecule has 0 aromatic rings. The molecule has 1 nitrogen and oxygen atoms in total. The van der Waals surface area contributed by atoms with Crippen molar-refractivity contribution in [2.24, 2.45) is 16.7 Å². The fourth-order valence-electron chi connectivity index (χ4n) is 3.79. The summed E-state index contributed by atoms with van der Waals surface area (Å²) < 4.78 is 0. The minimum absolute atomic E-state index is 0.489. The van der Waals surface area contributed by atoms with Crippen molar-refractivity contribution in [1.29, 1.82) is 0 Å². The van der Waals surface area contributed by atoms with Gasteiger partial charge in [-0.2, -0.15) is 0 Å². The lowest BCUT2D eigenvalue weighted by Gasteiger charge is -2.39. The van der Waals surface area contributed by atoms with Crippen molar-refractivity contribution >= 4 is 15.9 Å². The van der Waals surface area contributed by atoms with Crippen LogP contribution in [0.5, 0.6) is 0 Å². The molecule has 1 aliphatic heterocycles. The van der Waals surface area contributed by atoms with Gasteiger partial charge in [0.25, 0.3) is 0 Å². The predicted molar refractivity (Wildman–Crippen MR) is 83.3 cm³/mol. The molecule has 0 aromatic carbocycles. The Balaban J connectivity index is 1.90. The van der Waals surface area contributed by atoms with Crippen LogP contribution in [0.1, 0.15) is 59.3 Å². The molecule has 0 aromatic heterocycles. The van der Waals surface area contributed by atoms with E-state index in [-0.39, 0.29) is 0 Å². The van der Waals surface area contributed by atoms with Gasteiger partial charge in [0, 0.05) is 18.4 Å². The van der Waals surface area contributed by atoms with E-state index >= 15 is 0 Å². The highest BCUT2D eigenvalue weighted by atomic mass is 79.9. The third kappa shape index (κ3) is 3.50. The maximum atomic E-state index is 3.80. The van der Waals surface area contributed by atoms with Gasteiger partial charge in [-0.1, -0.05) is 56.0 Å². The van der Waals surface area contributed by atoms with Gasteiger partial charge in [-0.3, -0.25) is 0 Å². The van der Waals surface area contributed by atoms with E-state index < -0.39 is 0 Å². The number of alkyl halides is 1. The van der Waals surface area contributed by atoms with Gasteiger partial charge in [0.05, 0.1) is 0 Å². The van der Waals surface area contributed by atoms with Crippen LogP contribution in [-0.4, -0.2) is 29.9 Å². The average molecular weight is 316 g/mol. The Morgan fingerprint density at radius 1 is 1.17 bits per heavy atom. The van der Waals surface area contributed by atoms with Gasteiger partial charge in [0.15, 0.2) is 0 Å². The van der Waals surface area contributed by atoms with Crippen molar-refractivity contribution in [3.8, 4) is 0 Å². The van der Waals surface area contributed by atoms with E-state index in [0.29, 0.717) is 10.8 Å². The molecule has 1 saturated heterocycles. The van der Waals surface area contributed by atoms with E-state index in [1.165, 1.54) is 63.5 Å². The molecule has 0 spiro atoms. The summed E-state index contributed by atoms with van der Waals surface area (Å²) in [6, 6.07) is 0. The van der Waals surface area contributed by atoms with Crippen molar-refractivity contribution in [1.82, 2.24) is 4.90 Å². The second-order valence-corrected chi connectivity index (χ2v) is 8.34.